The van der Waals surface area contributed by atoms with Crippen molar-refractivity contribution in [1.29, 1.82) is 5.26 Å². The van der Waals surface area contributed by atoms with Crippen molar-refractivity contribution in [1.82, 2.24) is 4.98 Å². The van der Waals surface area contributed by atoms with Gasteiger partial charge in [-0.05, 0) is 36.4 Å². The standard InChI is InChI=1S/C24H21N5O2/c1-28-20-10-3-4-11-21(20)29(2)24(28)17(15-25)22(30)12-13-23(31)27-19-9-5-8-18-16(19)7-6-14-26-18/h3-11,14H,12-13H2,1-2H3,(H,27,31). The summed E-state index contributed by atoms with van der Waals surface area (Å²) in [5, 5.41) is 13.4. The van der Waals surface area contributed by atoms with Crippen molar-refractivity contribution < 1.29 is 9.59 Å². The number of carbonyl (C=O) groups is 2. The van der Waals surface area contributed by atoms with Crippen molar-refractivity contribution in [3.05, 3.63) is 72.2 Å². The Balaban J connectivity index is 1.48. The first-order valence-corrected chi connectivity index (χ1v) is 9.89. The highest BCUT2D eigenvalue weighted by molar-refractivity contribution is 6.06. The van der Waals surface area contributed by atoms with Crippen LogP contribution >= 0.6 is 0 Å². The summed E-state index contributed by atoms with van der Waals surface area (Å²) in [6.07, 6.45) is 1.62. The Morgan fingerprint density at radius 1 is 0.968 bits per heavy atom. The zero-order valence-corrected chi connectivity index (χ0v) is 17.3. The van der Waals surface area contributed by atoms with Gasteiger partial charge in [0.25, 0.3) is 0 Å². The zero-order valence-electron chi connectivity index (χ0n) is 17.3. The highest BCUT2D eigenvalue weighted by Crippen LogP contribution is 2.40. The van der Waals surface area contributed by atoms with Gasteiger partial charge in [-0.15, -0.1) is 0 Å². The molecule has 4 rings (SSSR count). The van der Waals surface area contributed by atoms with Gasteiger partial charge in [0.15, 0.2) is 5.78 Å². The number of nitrogens with zero attached hydrogens (tertiary/aromatic N) is 4. The number of aromatic nitrogens is 1. The van der Waals surface area contributed by atoms with Gasteiger partial charge >= 0.3 is 0 Å². The van der Waals surface area contributed by atoms with Crippen LogP contribution < -0.4 is 15.1 Å². The van der Waals surface area contributed by atoms with Crippen molar-refractivity contribution >= 4 is 39.7 Å². The van der Waals surface area contributed by atoms with Crippen molar-refractivity contribution in [2.45, 2.75) is 12.8 Å². The Hall–Kier alpha value is -4.18. The van der Waals surface area contributed by atoms with E-state index < -0.39 is 0 Å². The molecule has 7 nitrogen and oxygen atoms in total. The van der Waals surface area contributed by atoms with Crippen molar-refractivity contribution in [2.24, 2.45) is 0 Å². The number of anilines is 3. The van der Waals surface area contributed by atoms with E-state index in [-0.39, 0.29) is 30.1 Å². The number of allylic oxidation sites excluding steroid dienone is 1. The second kappa shape index (κ2) is 8.28. The number of benzene rings is 2. The number of rotatable bonds is 5. The molecule has 0 atom stereocenters. The second-order valence-electron chi connectivity index (χ2n) is 7.26. The molecule has 0 unspecified atom stereocenters. The van der Waals surface area contributed by atoms with Crippen molar-refractivity contribution in [3.8, 4) is 6.07 Å². The molecule has 154 valence electrons. The Bertz CT molecular complexity index is 1220. The SMILES string of the molecule is CN1C(=C(C#N)C(=O)CCC(=O)Nc2cccc3ncccc23)N(C)c2ccccc21. The zero-order chi connectivity index (χ0) is 22.0. The topological polar surface area (TPSA) is 89.3 Å². The summed E-state index contributed by atoms with van der Waals surface area (Å²) in [5.41, 5.74) is 3.31. The van der Waals surface area contributed by atoms with Gasteiger partial charge in [0.05, 0.1) is 22.6 Å². The Morgan fingerprint density at radius 3 is 2.35 bits per heavy atom. The summed E-state index contributed by atoms with van der Waals surface area (Å²) in [6, 6.07) is 18.9. The molecule has 0 spiro atoms. The number of carbonyl (C=O) groups excluding carboxylic acids is 2. The number of Topliss-reactive ketones (excluding diaryl/α,β-unsaturated/α-hetero) is 1. The fourth-order valence-electron chi connectivity index (χ4n) is 3.83. The molecule has 0 aliphatic carbocycles. The molecule has 31 heavy (non-hydrogen) atoms. The third-order valence-electron chi connectivity index (χ3n) is 5.35. The maximum Gasteiger partial charge on any atom is 0.224 e. The molecule has 1 aliphatic heterocycles. The van der Waals surface area contributed by atoms with Crippen molar-refractivity contribution in [2.75, 3.05) is 29.2 Å². The van der Waals surface area contributed by atoms with Crippen LogP contribution in [0, 0.1) is 11.3 Å². The van der Waals surface area contributed by atoms with Gasteiger partial charge in [0, 0.05) is 38.5 Å². The number of hydrogen-bond donors (Lipinski definition) is 1. The first-order valence-electron chi connectivity index (χ1n) is 9.89. The van der Waals surface area contributed by atoms with Gasteiger partial charge in [-0.1, -0.05) is 18.2 Å². The molecule has 1 aromatic heterocycles. The summed E-state index contributed by atoms with van der Waals surface area (Å²) in [6.45, 7) is 0. The summed E-state index contributed by atoms with van der Waals surface area (Å²) in [7, 11) is 3.65. The minimum absolute atomic E-state index is 0.0195. The quantitative estimate of drug-likeness (QED) is 0.507. The molecule has 7 heteroatoms. The van der Waals surface area contributed by atoms with Crippen LogP contribution in [0.5, 0.6) is 0 Å². The fourth-order valence-corrected chi connectivity index (χ4v) is 3.83. The number of fused-ring (bicyclic) bond motifs is 2. The van der Waals surface area contributed by atoms with Gasteiger partial charge in [0.1, 0.15) is 17.5 Å². The fraction of sp³-hybridized carbons (Fsp3) is 0.167. The summed E-state index contributed by atoms with van der Waals surface area (Å²) < 4.78 is 0. The highest BCUT2D eigenvalue weighted by Gasteiger charge is 2.31. The average Bonchev–Trinajstić information content (AvgIpc) is 3.04. The molecular formula is C24H21N5O2. The maximum atomic E-state index is 12.8. The van der Waals surface area contributed by atoms with Gasteiger partial charge in [-0.25, -0.2) is 0 Å². The lowest BCUT2D eigenvalue weighted by Crippen LogP contribution is -2.26. The predicted octanol–water partition coefficient (Wildman–Crippen LogP) is 3.84. The van der Waals surface area contributed by atoms with E-state index in [9.17, 15) is 14.9 Å². The Morgan fingerprint density at radius 2 is 1.68 bits per heavy atom. The number of nitrogens with one attached hydrogen (secondary N) is 1. The molecule has 2 aromatic carbocycles. The summed E-state index contributed by atoms with van der Waals surface area (Å²) in [4.78, 5) is 33.3. The monoisotopic (exact) mass is 411 g/mol. The van der Waals surface area contributed by atoms with Crippen LogP contribution in [-0.2, 0) is 9.59 Å². The number of nitriles is 1. The number of ketones is 1. The number of amides is 1. The minimum Gasteiger partial charge on any atom is -0.328 e. The van der Waals surface area contributed by atoms with Gasteiger partial charge in [0.2, 0.25) is 5.91 Å². The number of hydrogen-bond acceptors (Lipinski definition) is 6. The van der Waals surface area contributed by atoms with Gasteiger partial charge in [-0.3, -0.25) is 14.6 Å². The largest absolute Gasteiger partial charge is 0.328 e. The van der Waals surface area contributed by atoms with Crippen LogP contribution in [0.3, 0.4) is 0 Å². The average molecular weight is 411 g/mol. The molecule has 0 radical (unpaired) electrons. The van der Waals surface area contributed by atoms with Crippen LogP contribution in [0.4, 0.5) is 17.1 Å². The molecule has 3 aromatic rings. The Kier molecular flexibility index (Phi) is 5.37. The predicted molar refractivity (Wildman–Crippen MR) is 121 cm³/mol. The normalized spacial score (nSPS) is 12.5. The lowest BCUT2D eigenvalue weighted by molar-refractivity contribution is -0.120. The van der Waals surface area contributed by atoms with E-state index in [4.69, 9.17) is 0 Å². The molecule has 1 aliphatic rings. The lowest BCUT2D eigenvalue weighted by Gasteiger charge is -2.19. The van der Waals surface area contributed by atoms with Crippen LogP contribution in [0.1, 0.15) is 12.8 Å². The van der Waals surface area contributed by atoms with Crippen LogP contribution in [0.2, 0.25) is 0 Å². The molecule has 1 amide bonds. The van der Waals surface area contributed by atoms with Crippen molar-refractivity contribution in [3.63, 3.8) is 0 Å². The molecule has 0 fully saturated rings. The van der Waals surface area contributed by atoms with Gasteiger partial charge < -0.3 is 15.1 Å². The first-order chi connectivity index (χ1) is 15.0. The van der Waals surface area contributed by atoms with E-state index in [1.54, 1.807) is 18.3 Å². The van der Waals surface area contributed by atoms with Gasteiger partial charge in [-0.2, -0.15) is 5.26 Å². The third kappa shape index (κ3) is 3.71. The molecule has 1 N–H and O–H groups in total. The third-order valence-corrected chi connectivity index (χ3v) is 5.35. The first kappa shape index (κ1) is 20.1. The maximum absolute atomic E-state index is 12.8. The molecule has 0 saturated carbocycles. The summed E-state index contributed by atoms with van der Waals surface area (Å²) >= 11 is 0. The number of para-hydroxylation sites is 2. The van der Waals surface area contributed by atoms with E-state index in [2.05, 4.69) is 10.3 Å². The van der Waals surface area contributed by atoms with Crippen LogP contribution in [-0.4, -0.2) is 30.8 Å². The molecular weight excluding hydrogens is 390 g/mol. The number of pyridine rings is 1. The molecule has 2 heterocycles. The minimum atomic E-state index is -0.362. The molecule has 0 bridgehead atoms. The van der Waals surface area contributed by atoms with Crippen LogP contribution in [0.15, 0.2) is 72.2 Å². The van der Waals surface area contributed by atoms with E-state index in [0.717, 1.165) is 22.3 Å². The molecule has 0 saturated heterocycles. The lowest BCUT2D eigenvalue weighted by atomic mass is 10.1. The highest BCUT2D eigenvalue weighted by atomic mass is 16.2. The Labute approximate surface area is 180 Å². The smallest absolute Gasteiger partial charge is 0.224 e. The van der Waals surface area contributed by atoms with E-state index in [0.29, 0.717) is 11.5 Å². The second-order valence-corrected chi connectivity index (χ2v) is 7.26. The summed E-state index contributed by atoms with van der Waals surface area (Å²) in [5.74, 6) is -0.128. The van der Waals surface area contributed by atoms with Crippen LogP contribution in [0.25, 0.3) is 10.9 Å². The van der Waals surface area contributed by atoms with E-state index in [1.165, 1.54) is 0 Å². The van der Waals surface area contributed by atoms with E-state index >= 15 is 0 Å². The van der Waals surface area contributed by atoms with E-state index in [1.807, 2.05) is 72.4 Å².